The number of pyridine rings is 1. The van der Waals surface area contributed by atoms with Gasteiger partial charge in [0.1, 0.15) is 0 Å². The molecule has 1 atom stereocenters. The number of carbonyl (C=O) groups excluding carboxylic acids is 2. The fourth-order valence-electron chi connectivity index (χ4n) is 2.72. The highest BCUT2D eigenvalue weighted by Gasteiger charge is 2.51. The average molecular weight is 249 g/mol. The van der Waals surface area contributed by atoms with Gasteiger partial charge in [0.15, 0.2) is 5.82 Å². The van der Waals surface area contributed by atoms with Crippen molar-refractivity contribution in [3.63, 3.8) is 0 Å². The van der Waals surface area contributed by atoms with E-state index in [0.717, 1.165) is 6.20 Å². The van der Waals surface area contributed by atoms with Crippen molar-refractivity contribution in [1.82, 2.24) is 10.3 Å². The van der Waals surface area contributed by atoms with Crippen molar-refractivity contribution in [1.29, 1.82) is 0 Å². The summed E-state index contributed by atoms with van der Waals surface area (Å²) in [7, 11) is 0. The fraction of sp³-hybridized carbons (Fsp3) is 0.417. The average Bonchev–Trinajstić information content (AvgIpc) is 2.85. The van der Waals surface area contributed by atoms with Gasteiger partial charge in [-0.3, -0.25) is 19.9 Å². The van der Waals surface area contributed by atoms with E-state index in [0.29, 0.717) is 25.2 Å². The van der Waals surface area contributed by atoms with Crippen LogP contribution in [-0.4, -0.2) is 29.9 Å². The summed E-state index contributed by atoms with van der Waals surface area (Å²) in [6.07, 6.45) is 3.45. The van der Waals surface area contributed by atoms with Crippen LogP contribution < -0.4 is 10.2 Å². The molecule has 0 saturated carbocycles. The number of rotatable bonds is 1. The van der Waals surface area contributed by atoms with Crippen LogP contribution in [0.1, 0.15) is 12.8 Å². The molecule has 5 nitrogen and oxygen atoms in total. The van der Waals surface area contributed by atoms with E-state index in [-0.39, 0.29) is 18.2 Å². The van der Waals surface area contributed by atoms with E-state index >= 15 is 0 Å². The topological polar surface area (TPSA) is 62.3 Å². The summed E-state index contributed by atoms with van der Waals surface area (Å²) in [6.45, 7) is 0.952. The number of hydrogen-bond donors (Lipinski definition) is 1. The molecule has 1 aromatic heterocycles. The Bertz CT molecular complexity index is 534. The van der Waals surface area contributed by atoms with Crippen molar-refractivity contribution in [3.05, 3.63) is 24.3 Å². The van der Waals surface area contributed by atoms with Crippen LogP contribution in [0.5, 0.6) is 0 Å². The van der Waals surface area contributed by atoms with Crippen molar-refractivity contribution in [2.24, 2.45) is 5.41 Å². The Morgan fingerprint density at radius 2 is 2.28 bits per heavy atom. The van der Waals surface area contributed by atoms with Crippen LogP contribution in [-0.2, 0) is 9.59 Å². The fourth-order valence-corrected chi connectivity index (χ4v) is 2.72. The Labute approximate surface area is 103 Å². The van der Waals surface area contributed by atoms with Gasteiger partial charge in [0.05, 0.1) is 17.3 Å². The molecule has 18 heavy (non-hydrogen) atoms. The molecule has 2 fully saturated rings. The minimum Gasteiger partial charge on any atom is -0.368 e. The molecule has 1 aromatic rings. The highest BCUT2D eigenvalue weighted by molar-refractivity contribution is 6.06. The minimum atomic E-state index is -0.674. The zero-order valence-electron chi connectivity index (χ0n) is 9.65. The maximum absolute atomic E-state index is 13.6. The number of nitrogens with one attached hydrogen (secondary N) is 1. The summed E-state index contributed by atoms with van der Waals surface area (Å²) in [5, 5.41) is 2.33. The van der Waals surface area contributed by atoms with E-state index in [1.54, 1.807) is 11.0 Å². The number of imide groups is 1. The number of anilines is 1. The van der Waals surface area contributed by atoms with Crippen LogP contribution in [0.3, 0.4) is 0 Å². The number of carbonyl (C=O) groups is 2. The molecule has 2 amide bonds. The lowest BCUT2D eigenvalue weighted by molar-refractivity contribution is -0.127. The lowest BCUT2D eigenvalue weighted by Gasteiger charge is -2.22. The second kappa shape index (κ2) is 3.76. The Balaban J connectivity index is 1.86. The first-order valence-corrected chi connectivity index (χ1v) is 5.79. The standard InChI is InChI=1S/C12H12FN3O2/c13-8-6-14-3-1-9(8)16-4-2-12(7-16)5-10(17)15-11(12)18/h1,3,6H,2,4-5,7H2,(H,15,17,18)/t12-/m1/s1. The SMILES string of the molecule is O=C1C[C@@]2(CCN(c3ccncc3F)C2)C(=O)N1. The summed E-state index contributed by atoms with van der Waals surface area (Å²) in [5.74, 6) is -0.874. The summed E-state index contributed by atoms with van der Waals surface area (Å²) in [6, 6.07) is 1.59. The van der Waals surface area contributed by atoms with E-state index in [4.69, 9.17) is 0 Å². The van der Waals surface area contributed by atoms with Gasteiger partial charge in [-0.2, -0.15) is 0 Å². The van der Waals surface area contributed by atoms with Crippen LogP contribution in [0, 0.1) is 11.2 Å². The smallest absolute Gasteiger partial charge is 0.235 e. The normalized spacial score (nSPS) is 27.1. The minimum absolute atomic E-state index is 0.203. The van der Waals surface area contributed by atoms with Crippen molar-refractivity contribution in [2.45, 2.75) is 12.8 Å². The largest absolute Gasteiger partial charge is 0.368 e. The number of aromatic nitrogens is 1. The second-order valence-electron chi connectivity index (χ2n) is 4.83. The molecule has 94 valence electrons. The van der Waals surface area contributed by atoms with Crippen LogP contribution >= 0.6 is 0 Å². The number of nitrogens with zero attached hydrogens (tertiary/aromatic N) is 2. The molecule has 0 aliphatic carbocycles. The zero-order chi connectivity index (χ0) is 12.8. The summed E-state index contributed by atoms with van der Waals surface area (Å²) < 4.78 is 13.6. The van der Waals surface area contributed by atoms with Gasteiger partial charge in [0, 0.05) is 25.7 Å². The molecule has 3 heterocycles. The van der Waals surface area contributed by atoms with Crippen LogP contribution in [0.2, 0.25) is 0 Å². The predicted molar refractivity (Wildman–Crippen MR) is 61.2 cm³/mol. The van der Waals surface area contributed by atoms with E-state index in [2.05, 4.69) is 10.3 Å². The first-order chi connectivity index (χ1) is 8.61. The Morgan fingerprint density at radius 1 is 1.44 bits per heavy atom. The monoisotopic (exact) mass is 249 g/mol. The van der Waals surface area contributed by atoms with E-state index in [1.807, 2.05) is 0 Å². The van der Waals surface area contributed by atoms with Gasteiger partial charge in [-0.25, -0.2) is 4.39 Å². The maximum Gasteiger partial charge on any atom is 0.235 e. The van der Waals surface area contributed by atoms with Crippen molar-refractivity contribution < 1.29 is 14.0 Å². The quantitative estimate of drug-likeness (QED) is 0.735. The molecule has 2 aliphatic rings. The molecule has 2 aliphatic heterocycles. The summed E-state index contributed by atoms with van der Waals surface area (Å²) >= 11 is 0. The third-order valence-corrected chi connectivity index (χ3v) is 3.68. The number of hydrogen-bond acceptors (Lipinski definition) is 4. The lowest BCUT2D eigenvalue weighted by atomic mass is 9.85. The molecule has 0 bridgehead atoms. The van der Waals surface area contributed by atoms with E-state index in [9.17, 15) is 14.0 Å². The highest BCUT2D eigenvalue weighted by Crippen LogP contribution is 2.39. The molecule has 3 rings (SSSR count). The molecule has 0 radical (unpaired) electrons. The van der Waals surface area contributed by atoms with E-state index < -0.39 is 11.2 Å². The maximum atomic E-state index is 13.6. The predicted octanol–water partition coefficient (Wildman–Crippen LogP) is 0.464. The Kier molecular flexibility index (Phi) is 2.33. The highest BCUT2D eigenvalue weighted by atomic mass is 19.1. The zero-order valence-corrected chi connectivity index (χ0v) is 9.65. The van der Waals surface area contributed by atoms with Crippen molar-refractivity contribution >= 4 is 17.5 Å². The van der Waals surface area contributed by atoms with Gasteiger partial charge in [-0.15, -0.1) is 0 Å². The van der Waals surface area contributed by atoms with Crippen molar-refractivity contribution in [3.8, 4) is 0 Å². The Morgan fingerprint density at radius 3 is 2.94 bits per heavy atom. The molecular formula is C12H12FN3O2. The number of halogens is 1. The van der Waals surface area contributed by atoms with Crippen molar-refractivity contribution in [2.75, 3.05) is 18.0 Å². The van der Waals surface area contributed by atoms with Gasteiger partial charge < -0.3 is 4.90 Å². The first kappa shape index (κ1) is 11.1. The van der Waals surface area contributed by atoms with Gasteiger partial charge in [-0.05, 0) is 12.5 Å². The molecule has 1 N–H and O–H groups in total. The molecular weight excluding hydrogens is 237 g/mol. The van der Waals surface area contributed by atoms with Gasteiger partial charge in [-0.1, -0.05) is 0 Å². The summed E-state index contributed by atoms with van der Waals surface area (Å²) in [5.41, 5.74) is -0.235. The first-order valence-electron chi connectivity index (χ1n) is 5.79. The second-order valence-corrected chi connectivity index (χ2v) is 4.83. The lowest BCUT2D eigenvalue weighted by Crippen LogP contribution is -2.34. The van der Waals surface area contributed by atoms with Crippen LogP contribution in [0.15, 0.2) is 18.5 Å². The molecule has 6 heteroatoms. The molecule has 0 aromatic carbocycles. The van der Waals surface area contributed by atoms with E-state index in [1.165, 1.54) is 6.20 Å². The number of amides is 2. The van der Waals surface area contributed by atoms with Gasteiger partial charge >= 0.3 is 0 Å². The summed E-state index contributed by atoms with van der Waals surface area (Å²) in [4.78, 5) is 28.6. The Hall–Kier alpha value is -1.98. The van der Waals surface area contributed by atoms with Gasteiger partial charge in [0.2, 0.25) is 11.8 Å². The molecule has 1 spiro atoms. The third kappa shape index (κ3) is 1.56. The third-order valence-electron chi connectivity index (χ3n) is 3.68. The van der Waals surface area contributed by atoms with Crippen LogP contribution in [0.25, 0.3) is 0 Å². The van der Waals surface area contributed by atoms with Gasteiger partial charge in [0.25, 0.3) is 0 Å². The van der Waals surface area contributed by atoms with Crippen LogP contribution in [0.4, 0.5) is 10.1 Å². The molecule has 0 unspecified atom stereocenters. The molecule has 2 saturated heterocycles.